The molecule has 7 heteroatoms. The molecular weight excluding hydrogens is 358 g/mol. The van der Waals surface area contributed by atoms with Gasteiger partial charge in [-0.25, -0.2) is 4.79 Å². The maximum Gasteiger partial charge on any atom is 0.328 e. The van der Waals surface area contributed by atoms with Gasteiger partial charge < -0.3 is 15.5 Å². The lowest BCUT2D eigenvalue weighted by Gasteiger charge is -2.12. The zero-order chi connectivity index (χ0) is 13.0. The highest BCUT2D eigenvalue weighted by Crippen LogP contribution is 2.21. The Balaban J connectivity index is 2.89. The highest BCUT2D eigenvalue weighted by atomic mass is 79.9. The number of halogens is 2. The average Bonchev–Trinajstić information content (AvgIpc) is 2.28. The Kier molecular flexibility index (Phi) is 5.10. The van der Waals surface area contributed by atoms with Gasteiger partial charge in [-0.3, -0.25) is 4.79 Å². The Bertz CT molecular complexity index is 450. The highest BCUT2D eigenvalue weighted by molar-refractivity contribution is 9.11. The zero-order valence-electron chi connectivity index (χ0n) is 8.48. The van der Waals surface area contributed by atoms with E-state index in [0.717, 1.165) is 0 Å². The van der Waals surface area contributed by atoms with E-state index >= 15 is 0 Å². The number of hydrogen-bond acceptors (Lipinski definition) is 3. The predicted octanol–water partition coefficient (Wildman–Crippen LogP) is 1.39. The van der Waals surface area contributed by atoms with Crippen LogP contribution in [0, 0.1) is 0 Å². The van der Waals surface area contributed by atoms with Crippen molar-refractivity contribution in [3.63, 3.8) is 0 Å². The summed E-state index contributed by atoms with van der Waals surface area (Å²) in [5, 5.41) is 19.7. The van der Waals surface area contributed by atoms with Gasteiger partial charge in [-0.05, 0) is 34.1 Å². The number of aliphatic hydroxyl groups is 1. The highest BCUT2D eigenvalue weighted by Gasteiger charge is 2.20. The Hall–Kier alpha value is -0.920. The summed E-state index contributed by atoms with van der Waals surface area (Å²) >= 11 is 6.40. The van der Waals surface area contributed by atoms with Gasteiger partial charge in [0.05, 0.1) is 12.2 Å². The summed E-state index contributed by atoms with van der Waals surface area (Å²) in [6.07, 6.45) is 0. The van der Waals surface area contributed by atoms with E-state index in [-0.39, 0.29) is 0 Å². The number of aliphatic hydroxyl groups excluding tert-OH is 1. The van der Waals surface area contributed by atoms with E-state index in [9.17, 15) is 9.59 Å². The molecule has 0 aliphatic carbocycles. The Morgan fingerprint density at radius 1 is 1.35 bits per heavy atom. The molecule has 0 aliphatic rings. The summed E-state index contributed by atoms with van der Waals surface area (Å²) in [4.78, 5) is 22.4. The first kappa shape index (κ1) is 14.1. The Morgan fingerprint density at radius 3 is 2.53 bits per heavy atom. The first-order valence-electron chi connectivity index (χ1n) is 4.55. The summed E-state index contributed by atoms with van der Waals surface area (Å²) in [5.74, 6) is -1.86. The molecule has 17 heavy (non-hydrogen) atoms. The fourth-order valence-corrected chi connectivity index (χ4v) is 1.88. The number of carboxylic acids is 1. The van der Waals surface area contributed by atoms with Crippen molar-refractivity contribution in [3.05, 3.63) is 32.7 Å². The van der Waals surface area contributed by atoms with Crippen LogP contribution in [0.5, 0.6) is 0 Å². The van der Waals surface area contributed by atoms with Crippen LogP contribution in [0.15, 0.2) is 27.1 Å². The molecule has 92 valence electrons. The molecule has 0 spiro atoms. The fourth-order valence-electron chi connectivity index (χ4n) is 1.09. The molecule has 0 aromatic heterocycles. The summed E-state index contributed by atoms with van der Waals surface area (Å²) in [6.45, 7) is -0.660. The predicted molar refractivity (Wildman–Crippen MR) is 67.8 cm³/mol. The normalized spacial score (nSPS) is 11.9. The van der Waals surface area contributed by atoms with Gasteiger partial charge in [-0.1, -0.05) is 15.9 Å². The minimum Gasteiger partial charge on any atom is -0.480 e. The second-order valence-corrected chi connectivity index (χ2v) is 4.94. The molecule has 0 unspecified atom stereocenters. The van der Waals surface area contributed by atoms with Crippen molar-refractivity contribution >= 4 is 43.7 Å². The lowest BCUT2D eigenvalue weighted by atomic mass is 10.2. The van der Waals surface area contributed by atoms with Crippen LogP contribution in [-0.4, -0.2) is 34.7 Å². The van der Waals surface area contributed by atoms with E-state index in [1.807, 2.05) is 0 Å². The van der Waals surface area contributed by atoms with E-state index < -0.39 is 24.5 Å². The Morgan fingerprint density at radius 2 is 2.00 bits per heavy atom. The van der Waals surface area contributed by atoms with Crippen molar-refractivity contribution < 1.29 is 19.8 Å². The van der Waals surface area contributed by atoms with Crippen molar-refractivity contribution in [1.29, 1.82) is 0 Å². The number of rotatable bonds is 4. The second kappa shape index (κ2) is 6.13. The van der Waals surface area contributed by atoms with E-state index in [1.165, 1.54) is 0 Å². The summed E-state index contributed by atoms with van der Waals surface area (Å²) in [7, 11) is 0. The molecule has 0 bridgehead atoms. The molecular formula is C10H9Br2NO4. The molecule has 0 aliphatic heterocycles. The standard InChI is InChI=1S/C10H9Br2NO4/c11-5-1-2-7(12)6(3-5)9(15)13-8(4-14)10(16)17/h1-3,8,14H,4H2,(H,13,15)(H,16,17)/t8-/m0/s1. The number of nitrogens with one attached hydrogen (secondary N) is 1. The third-order valence-corrected chi connectivity index (χ3v) is 3.14. The van der Waals surface area contributed by atoms with Crippen molar-refractivity contribution in [1.82, 2.24) is 5.32 Å². The maximum atomic E-state index is 11.8. The van der Waals surface area contributed by atoms with Gasteiger partial charge in [0, 0.05) is 8.95 Å². The summed E-state index contributed by atoms with van der Waals surface area (Å²) in [6, 6.07) is 3.64. The van der Waals surface area contributed by atoms with Crippen LogP contribution in [0.1, 0.15) is 10.4 Å². The zero-order valence-corrected chi connectivity index (χ0v) is 11.7. The quantitative estimate of drug-likeness (QED) is 0.751. The van der Waals surface area contributed by atoms with Crippen molar-refractivity contribution in [3.8, 4) is 0 Å². The lowest BCUT2D eigenvalue weighted by Crippen LogP contribution is -2.43. The van der Waals surface area contributed by atoms with E-state index in [2.05, 4.69) is 37.2 Å². The van der Waals surface area contributed by atoms with Crippen LogP contribution in [0.25, 0.3) is 0 Å². The third-order valence-electron chi connectivity index (χ3n) is 1.96. The fraction of sp³-hybridized carbons (Fsp3) is 0.200. The molecule has 1 rings (SSSR count). The third kappa shape index (κ3) is 3.79. The molecule has 0 saturated heterocycles. The molecule has 0 fully saturated rings. The van der Waals surface area contributed by atoms with Crippen LogP contribution in [0.2, 0.25) is 0 Å². The van der Waals surface area contributed by atoms with Gasteiger partial charge in [-0.2, -0.15) is 0 Å². The van der Waals surface area contributed by atoms with Crippen molar-refractivity contribution in [2.24, 2.45) is 0 Å². The minimum absolute atomic E-state index is 0.291. The molecule has 0 radical (unpaired) electrons. The van der Waals surface area contributed by atoms with Gasteiger partial charge in [0.1, 0.15) is 0 Å². The number of carbonyl (C=O) groups is 2. The molecule has 1 atom stereocenters. The van der Waals surface area contributed by atoms with Crippen LogP contribution in [0.4, 0.5) is 0 Å². The van der Waals surface area contributed by atoms with Gasteiger partial charge in [-0.15, -0.1) is 0 Å². The van der Waals surface area contributed by atoms with E-state index in [4.69, 9.17) is 10.2 Å². The van der Waals surface area contributed by atoms with Gasteiger partial charge >= 0.3 is 5.97 Å². The van der Waals surface area contributed by atoms with Crippen molar-refractivity contribution in [2.45, 2.75) is 6.04 Å². The van der Waals surface area contributed by atoms with Gasteiger partial charge in [0.15, 0.2) is 6.04 Å². The number of carboxylic acid groups (broad SMARTS) is 1. The van der Waals surface area contributed by atoms with E-state index in [1.54, 1.807) is 18.2 Å². The first-order chi connectivity index (χ1) is 7.95. The molecule has 0 heterocycles. The lowest BCUT2D eigenvalue weighted by molar-refractivity contribution is -0.140. The van der Waals surface area contributed by atoms with Crippen molar-refractivity contribution in [2.75, 3.05) is 6.61 Å². The largest absolute Gasteiger partial charge is 0.480 e. The monoisotopic (exact) mass is 365 g/mol. The molecule has 3 N–H and O–H groups in total. The summed E-state index contributed by atoms with van der Waals surface area (Å²) < 4.78 is 1.24. The number of amides is 1. The topological polar surface area (TPSA) is 86.6 Å². The molecule has 5 nitrogen and oxygen atoms in total. The minimum atomic E-state index is -1.31. The molecule has 1 aromatic carbocycles. The van der Waals surface area contributed by atoms with Crippen LogP contribution in [-0.2, 0) is 4.79 Å². The smallest absolute Gasteiger partial charge is 0.328 e. The molecule has 1 amide bonds. The second-order valence-electron chi connectivity index (χ2n) is 3.17. The first-order valence-corrected chi connectivity index (χ1v) is 6.14. The molecule has 0 saturated carbocycles. The SMILES string of the molecule is O=C(N[C@@H](CO)C(=O)O)c1cc(Br)ccc1Br. The maximum absolute atomic E-state index is 11.8. The van der Waals surface area contributed by atoms with Crippen LogP contribution < -0.4 is 5.32 Å². The number of hydrogen-bond donors (Lipinski definition) is 3. The van der Waals surface area contributed by atoms with Crippen LogP contribution in [0.3, 0.4) is 0 Å². The number of benzene rings is 1. The average molecular weight is 367 g/mol. The number of aliphatic carboxylic acids is 1. The van der Waals surface area contributed by atoms with Gasteiger partial charge in [0.25, 0.3) is 5.91 Å². The van der Waals surface area contributed by atoms with Gasteiger partial charge in [0.2, 0.25) is 0 Å². The van der Waals surface area contributed by atoms with E-state index in [0.29, 0.717) is 14.5 Å². The number of carbonyl (C=O) groups excluding carboxylic acids is 1. The summed E-state index contributed by atoms with van der Waals surface area (Å²) in [5.41, 5.74) is 0.291. The van der Waals surface area contributed by atoms with Crippen LogP contribution >= 0.6 is 31.9 Å². The molecule has 1 aromatic rings. The Labute approximate surface area is 114 Å².